The molecule has 0 aromatic carbocycles. The number of nitrogens with zero attached hydrogens (tertiary/aromatic N) is 6. The molecule has 8 heteroatoms. The highest BCUT2D eigenvalue weighted by Gasteiger charge is 2.32. The third kappa shape index (κ3) is 5.59. The Labute approximate surface area is 226 Å². The highest BCUT2D eigenvalue weighted by atomic mass is 32.2. The summed E-state index contributed by atoms with van der Waals surface area (Å²) in [4.78, 5) is 30.3. The number of pyridine rings is 1. The van der Waals surface area contributed by atoms with E-state index in [1.165, 1.54) is 55.2 Å². The second-order valence-corrected chi connectivity index (χ2v) is 10.7. The molecule has 1 unspecified atom stereocenters. The topological polar surface area (TPSA) is 83.5 Å². The standard InChI is InChI=1S/C26H31N7S.C2H6.CH4.H2/c1-3-20-16(2)22-24(30-20)31-26(34-19-13-21-23(29-14-19)28-11-10-27-21)32-25(22)33-12-9-18(15-33)17-7-5-4-6-8-17;1-2;;/h10-11,13-14,17-18H,3-9,12,15H2,1-2H3,(H,30,31,32);1-2H3;1H4;1H. The molecule has 0 amide bonds. The van der Waals surface area contributed by atoms with Gasteiger partial charge in [0, 0.05) is 43.7 Å². The van der Waals surface area contributed by atoms with Gasteiger partial charge < -0.3 is 9.88 Å². The average molecular weight is 522 g/mol. The van der Waals surface area contributed by atoms with Crippen LogP contribution in [0.4, 0.5) is 5.82 Å². The van der Waals surface area contributed by atoms with Gasteiger partial charge in [0.1, 0.15) is 17.0 Å². The molecule has 37 heavy (non-hydrogen) atoms. The SMILES string of the molecule is C.CC.CCc1[nH]c2nc(Sc3cnc4nccnc4c3)nc(N3CCC(C4CCCCC4)C3)c2c1C.[HH]. The zero-order valence-corrected chi connectivity index (χ0v) is 22.7. The van der Waals surface area contributed by atoms with Crippen LogP contribution in [0.3, 0.4) is 0 Å². The van der Waals surface area contributed by atoms with Crippen molar-refractivity contribution in [1.82, 2.24) is 29.9 Å². The monoisotopic (exact) mass is 521 g/mol. The first-order valence-corrected chi connectivity index (χ1v) is 14.4. The van der Waals surface area contributed by atoms with Gasteiger partial charge in [0.2, 0.25) is 0 Å². The van der Waals surface area contributed by atoms with E-state index in [4.69, 9.17) is 9.97 Å². The van der Waals surface area contributed by atoms with E-state index in [9.17, 15) is 0 Å². The predicted molar refractivity (Wildman–Crippen MR) is 157 cm³/mol. The van der Waals surface area contributed by atoms with Crippen LogP contribution in [0, 0.1) is 18.8 Å². The molecule has 1 atom stereocenters. The first-order chi connectivity index (χ1) is 17.7. The Morgan fingerprint density at radius 3 is 2.59 bits per heavy atom. The molecule has 1 aliphatic carbocycles. The quantitative estimate of drug-likeness (QED) is 0.270. The number of aryl methyl sites for hydroxylation is 2. The van der Waals surface area contributed by atoms with Crippen LogP contribution in [0.2, 0.25) is 0 Å². The van der Waals surface area contributed by atoms with Crippen molar-refractivity contribution < 1.29 is 1.43 Å². The molecule has 4 aromatic rings. The summed E-state index contributed by atoms with van der Waals surface area (Å²) in [6.45, 7) is 10.6. The third-order valence-electron chi connectivity index (χ3n) is 7.67. The van der Waals surface area contributed by atoms with E-state index in [2.05, 4.69) is 38.7 Å². The summed E-state index contributed by atoms with van der Waals surface area (Å²) in [7, 11) is 0. The van der Waals surface area contributed by atoms with Gasteiger partial charge in [0.25, 0.3) is 0 Å². The molecule has 2 fully saturated rings. The lowest BCUT2D eigenvalue weighted by atomic mass is 9.80. The Hall–Kier alpha value is -2.74. The van der Waals surface area contributed by atoms with Gasteiger partial charge in [-0.1, -0.05) is 60.3 Å². The lowest BCUT2D eigenvalue weighted by molar-refractivity contribution is 0.264. The smallest absolute Gasteiger partial charge is 0.196 e. The minimum atomic E-state index is 0. The Kier molecular flexibility index (Phi) is 9.00. The van der Waals surface area contributed by atoms with E-state index in [0.29, 0.717) is 5.65 Å². The Balaban J connectivity index is 0.000000978. The van der Waals surface area contributed by atoms with E-state index in [1.54, 1.807) is 24.2 Å². The molecule has 0 radical (unpaired) electrons. The molecule has 1 saturated heterocycles. The first kappa shape index (κ1) is 27.3. The van der Waals surface area contributed by atoms with Crippen molar-refractivity contribution >= 4 is 39.8 Å². The summed E-state index contributed by atoms with van der Waals surface area (Å²) in [6, 6.07) is 2.01. The van der Waals surface area contributed by atoms with Crippen LogP contribution in [0.25, 0.3) is 22.2 Å². The normalized spacial score (nSPS) is 18.1. The fourth-order valence-electron chi connectivity index (χ4n) is 5.85. The molecule has 1 N–H and O–H groups in total. The van der Waals surface area contributed by atoms with Crippen LogP contribution < -0.4 is 4.90 Å². The summed E-state index contributed by atoms with van der Waals surface area (Å²) in [5, 5.41) is 1.94. The van der Waals surface area contributed by atoms with Crippen molar-refractivity contribution in [3.8, 4) is 0 Å². The molecular weight excluding hydrogens is 478 g/mol. The maximum absolute atomic E-state index is 5.14. The van der Waals surface area contributed by atoms with Gasteiger partial charge in [-0.2, -0.15) is 0 Å². The Bertz CT molecular complexity index is 1340. The van der Waals surface area contributed by atoms with Crippen LogP contribution in [-0.2, 0) is 6.42 Å². The van der Waals surface area contributed by atoms with Gasteiger partial charge in [-0.25, -0.2) is 19.9 Å². The fourth-order valence-corrected chi connectivity index (χ4v) is 6.61. The van der Waals surface area contributed by atoms with Crippen LogP contribution in [-0.4, -0.2) is 43.0 Å². The van der Waals surface area contributed by atoms with Gasteiger partial charge in [-0.05, 0) is 55.0 Å². The molecule has 4 aromatic heterocycles. The first-order valence-electron chi connectivity index (χ1n) is 13.6. The van der Waals surface area contributed by atoms with Crippen LogP contribution >= 0.6 is 11.8 Å². The molecule has 5 heterocycles. The summed E-state index contributed by atoms with van der Waals surface area (Å²) in [5.41, 5.74) is 4.91. The van der Waals surface area contributed by atoms with Gasteiger partial charge in [-0.15, -0.1) is 0 Å². The number of nitrogens with one attached hydrogen (secondary N) is 1. The second kappa shape index (κ2) is 12.2. The molecule has 0 spiro atoms. The van der Waals surface area contributed by atoms with Gasteiger partial charge >= 0.3 is 0 Å². The molecular formula is C29H43N7S. The maximum Gasteiger partial charge on any atom is 0.196 e. The number of aromatic amines is 1. The van der Waals surface area contributed by atoms with Crippen molar-refractivity contribution in [3.63, 3.8) is 0 Å². The Morgan fingerprint density at radius 2 is 1.81 bits per heavy atom. The van der Waals surface area contributed by atoms with Crippen LogP contribution in [0.1, 0.15) is 79.4 Å². The largest absolute Gasteiger partial charge is 0.356 e. The highest BCUT2D eigenvalue weighted by Crippen LogP contribution is 2.39. The number of rotatable bonds is 5. The Morgan fingerprint density at radius 1 is 1.03 bits per heavy atom. The van der Waals surface area contributed by atoms with Crippen molar-refractivity contribution in [2.75, 3.05) is 18.0 Å². The zero-order chi connectivity index (χ0) is 25.1. The minimum Gasteiger partial charge on any atom is -0.356 e. The fraction of sp³-hybridized carbons (Fsp3) is 0.552. The van der Waals surface area contributed by atoms with Gasteiger partial charge in [0.05, 0.1) is 5.39 Å². The van der Waals surface area contributed by atoms with E-state index < -0.39 is 0 Å². The van der Waals surface area contributed by atoms with E-state index in [0.717, 1.165) is 58.4 Å². The van der Waals surface area contributed by atoms with E-state index in [1.807, 2.05) is 26.1 Å². The van der Waals surface area contributed by atoms with Crippen LogP contribution in [0.15, 0.2) is 34.7 Å². The minimum absolute atomic E-state index is 0. The molecule has 2 aliphatic rings. The van der Waals surface area contributed by atoms with Crippen LogP contribution in [0.5, 0.6) is 0 Å². The zero-order valence-electron chi connectivity index (χ0n) is 21.9. The maximum atomic E-state index is 5.14. The molecule has 7 nitrogen and oxygen atoms in total. The third-order valence-corrected chi connectivity index (χ3v) is 8.49. The van der Waals surface area contributed by atoms with Crippen molar-refractivity contribution in [1.29, 1.82) is 0 Å². The molecule has 1 saturated carbocycles. The molecule has 0 bridgehead atoms. The summed E-state index contributed by atoms with van der Waals surface area (Å²) >= 11 is 1.54. The van der Waals surface area contributed by atoms with E-state index in [-0.39, 0.29) is 8.85 Å². The number of aromatic nitrogens is 6. The molecule has 6 rings (SSSR count). The average Bonchev–Trinajstić information content (AvgIpc) is 3.55. The van der Waals surface area contributed by atoms with Gasteiger partial charge in [0.15, 0.2) is 10.8 Å². The lowest BCUT2D eigenvalue weighted by Gasteiger charge is -2.27. The van der Waals surface area contributed by atoms with Crippen molar-refractivity contribution in [3.05, 3.63) is 35.9 Å². The summed E-state index contributed by atoms with van der Waals surface area (Å²) < 4.78 is 0. The molecule has 1 aliphatic heterocycles. The summed E-state index contributed by atoms with van der Waals surface area (Å²) in [6.07, 6.45) is 14.5. The number of hydrogen-bond acceptors (Lipinski definition) is 7. The number of H-pyrrole nitrogens is 1. The summed E-state index contributed by atoms with van der Waals surface area (Å²) in [5.74, 6) is 2.76. The number of anilines is 1. The highest BCUT2D eigenvalue weighted by molar-refractivity contribution is 7.99. The lowest BCUT2D eigenvalue weighted by Crippen LogP contribution is -2.25. The van der Waals surface area contributed by atoms with Crippen molar-refractivity contribution in [2.45, 2.75) is 90.1 Å². The molecule has 200 valence electrons. The number of hydrogen-bond donors (Lipinski definition) is 1. The number of fused-ring (bicyclic) bond motifs is 2. The predicted octanol–water partition coefficient (Wildman–Crippen LogP) is 7.63. The van der Waals surface area contributed by atoms with Gasteiger partial charge in [-0.3, -0.25) is 4.98 Å². The van der Waals surface area contributed by atoms with E-state index >= 15 is 0 Å². The second-order valence-electron chi connectivity index (χ2n) is 9.70. The van der Waals surface area contributed by atoms with Crippen molar-refractivity contribution in [2.24, 2.45) is 11.8 Å².